The number of aryl methyl sites for hydroxylation is 1. The third kappa shape index (κ3) is 2.85. The first-order valence-corrected chi connectivity index (χ1v) is 4.03. The summed E-state index contributed by atoms with van der Waals surface area (Å²) in [5.74, 6) is 0.196. The van der Waals surface area contributed by atoms with Crippen LogP contribution in [-0.4, -0.2) is 10.9 Å². The zero-order chi connectivity index (χ0) is 8.10. The van der Waals surface area contributed by atoms with Crippen molar-refractivity contribution in [3.63, 3.8) is 0 Å². The van der Waals surface area contributed by atoms with E-state index in [0.29, 0.717) is 5.88 Å². The summed E-state index contributed by atoms with van der Waals surface area (Å²) in [4.78, 5) is 3.45. The molecular formula is C8H9ClFN. The van der Waals surface area contributed by atoms with Crippen molar-refractivity contribution < 1.29 is 4.39 Å². The summed E-state index contributed by atoms with van der Waals surface area (Å²) in [5.41, 5.74) is 0.957. The summed E-state index contributed by atoms with van der Waals surface area (Å²) in [7, 11) is 0. The number of aromatic nitrogens is 1. The van der Waals surface area contributed by atoms with E-state index >= 15 is 0 Å². The number of alkyl halides is 1. The van der Waals surface area contributed by atoms with Crippen molar-refractivity contribution in [2.24, 2.45) is 0 Å². The molecule has 0 spiro atoms. The fraction of sp³-hybridized carbons (Fsp3) is 0.375. The Balaban J connectivity index is 2.56. The van der Waals surface area contributed by atoms with Gasteiger partial charge in [0.15, 0.2) is 0 Å². The number of nitrogens with zero attached hydrogens (tertiary/aromatic N) is 1. The number of hydrogen-bond donors (Lipinski definition) is 0. The maximum Gasteiger partial charge on any atom is 0.213 e. The smallest absolute Gasteiger partial charge is 0.213 e. The van der Waals surface area contributed by atoms with Gasteiger partial charge in [0.2, 0.25) is 5.95 Å². The van der Waals surface area contributed by atoms with Gasteiger partial charge in [-0.1, -0.05) is 0 Å². The van der Waals surface area contributed by atoms with Crippen molar-refractivity contribution in [3.05, 3.63) is 29.8 Å². The lowest BCUT2D eigenvalue weighted by Crippen LogP contribution is -1.89. The highest BCUT2D eigenvalue weighted by atomic mass is 35.5. The molecule has 60 valence electrons. The molecule has 1 aromatic heterocycles. The van der Waals surface area contributed by atoms with Crippen molar-refractivity contribution in [3.8, 4) is 0 Å². The molecule has 0 radical (unpaired) electrons. The average molecular weight is 174 g/mol. The van der Waals surface area contributed by atoms with Crippen LogP contribution in [0.1, 0.15) is 12.0 Å². The van der Waals surface area contributed by atoms with Gasteiger partial charge >= 0.3 is 0 Å². The summed E-state index contributed by atoms with van der Waals surface area (Å²) in [5, 5.41) is 0. The lowest BCUT2D eigenvalue weighted by Gasteiger charge is -1.96. The minimum absolute atomic E-state index is 0.419. The normalized spacial score (nSPS) is 10.0. The molecule has 0 bridgehead atoms. The minimum atomic E-state index is -0.419. The van der Waals surface area contributed by atoms with Crippen LogP contribution in [0, 0.1) is 5.95 Å². The van der Waals surface area contributed by atoms with Crippen LogP contribution >= 0.6 is 11.6 Å². The molecule has 1 nitrogen and oxygen atoms in total. The van der Waals surface area contributed by atoms with E-state index in [1.807, 2.05) is 0 Å². The van der Waals surface area contributed by atoms with Crippen molar-refractivity contribution in [2.45, 2.75) is 12.8 Å². The Morgan fingerprint density at radius 2 is 2.36 bits per heavy atom. The SMILES string of the molecule is Fc1cc(CCCCl)ccn1. The molecule has 1 aromatic rings. The molecule has 0 aliphatic rings. The van der Waals surface area contributed by atoms with E-state index in [-0.39, 0.29) is 0 Å². The Morgan fingerprint density at radius 3 is 3.00 bits per heavy atom. The third-order valence-corrected chi connectivity index (χ3v) is 1.66. The van der Waals surface area contributed by atoms with E-state index in [4.69, 9.17) is 11.6 Å². The molecule has 0 atom stereocenters. The molecule has 1 rings (SSSR count). The van der Waals surface area contributed by atoms with Crippen LogP contribution in [0.3, 0.4) is 0 Å². The summed E-state index contributed by atoms with van der Waals surface area (Å²) < 4.78 is 12.5. The standard InChI is InChI=1S/C8H9ClFN/c9-4-1-2-7-3-5-11-8(10)6-7/h3,5-6H,1-2,4H2. The summed E-state index contributed by atoms with van der Waals surface area (Å²) in [6.07, 6.45) is 3.17. The van der Waals surface area contributed by atoms with Gasteiger partial charge in [-0.25, -0.2) is 4.98 Å². The van der Waals surface area contributed by atoms with Gasteiger partial charge in [-0.3, -0.25) is 0 Å². The van der Waals surface area contributed by atoms with Crippen LogP contribution in [0.2, 0.25) is 0 Å². The Kier molecular flexibility index (Phi) is 3.30. The predicted octanol–water partition coefficient (Wildman–Crippen LogP) is 2.39. The highest BCUT2D eigenvalue weighted by Gasteiger charge is 1.94. The molecule has 11 heavy (non-hydrogen) atoms. The van der Waals surface area contributed by atoms with Gasteiger partial charge in [0.1, 0.15) is 0 Å². The van der Waals surface area contributed by atoms with E-state index in [9.17, 15) is 4.39 Å². The van der Waals surface area contributed by atoms with E-state index in [2.05, 4.69) is 4.98 Å². The molecule has 0 saturated carbocycles. The minimum Gasteiger partial charge on any atom is -0.228 e. The maximum atomic E-state index is 12.5. The second kappa shape index (κ2) is 4.29. The first-order chi connectivity index (χ1) is 5.33. The van der Waals surface area contributed by atoms with Gasteiger partial charge in [0.05, 0.1) is 0 Å². The van der Waals surface area contributed by atoms with Crippen molar-refractivity contribution >= 4 is 11.6 Å². The van der Waals surface area contributed by atoms with Crippen molar-refractivity contribution in [1.82, 2.24) is 4.98 Å². The highest BCUT2D eigenvalue weighted by molar-refractivity contribution is 6.17. The van der Waals surface area contributed by atoms with Gasteiger partial charge in [-0.15, -0.1) is 11.6 Å². The molecule has 0 aliphatic heterocycles. The van der Waals surface area contributed by atoms with E-state index < -0.39 is 5.95 Å². The zero-order valence-electron chi connectivity index (χ0n) is 6.06. The van der Waals surface area contributed by atoms with Crippen molar-refractivity contribution in [2.75, 3.05) is 5.88 Å². The maximum absolute atomic E-state index is 12.5. The summed E-state index contributed by atoms with van der Waals surface area (Å²) in [6, 6.07) is 3.24. The Labute approximate surface area is 70.2 Å². The third-order valence-electron chi connectivity index (χ3n) is 1.39. The molecule has 0 amide bonds. The van der Waals surface area contributed by atoms with Crippen LogP contribution in [-0.2, 0) is 6.42 Å². The van der Waals surface area contributed by atoms with Gasteiger partial charge in [-0.2, -0.15) is 4.39 Å². The van der Waals surface area contributed by atoms with Gasteiger partial charge in [-0.05, 0) is 30.5 Å². The lowest BCUT2D eigenvalue weighted by molar-refractivity contribution is 0.581. The lowest BCUT2D eigenvalue weighted by atomic mass is 10.2. The number of rotatable bonds is 3. The summed E-state index contributed by atoms with van der Waals surface area (Å²) in [6.45, 7) is 0. The van der Waals surface area contributed by atoms with Crippen LogP contribution in [0.5, 0.6) is 0 Å². The molecular weight excluding hydrogens is 165 g/mol. The zero-order valence-corrected chi connectivity index (χ0v) is 6.81. The monoisotopic (exact) mass is 173 g/mol. The fourth-order valence-electron chi connectivity index (χ4n) is 0.869. The van der Waals surface area contributed by atoms with E-state index in [1.54, 1.807) is 6.07 Å². The van der Waals surface area contributed by atoms with E-state index in [0.717, 1.165) is 18.4 Å². The molecule has 0 saturated heterocycles. The number of hydrogen-bond acceptors (Lipinski definition) is 1. The predicted molar refractivity (Wildman–Crippen MR) is 43.2 cm³/mol. The van der Waals surface area contributed by atoms with Gasteiger partial charge < -0.3 is 0 Å². The number of pyridine rings is 1. The van der Waals surface area contributed by atoms with Gasteiger partial charge in [0.25, 0.3) is 0 Å². The average Bonchev–Trinajstić information content (AvgIpc) is 2.01. The quantitative estimate of drug-likeness (QED) is 0.505. The van der Waals surface area contributed by atoms with Crippen molar-refractivity contribution in [1.29, 1.82) is 0 Å². The Morgan fingerprint density at radius 1 is 1.55 bits per heavy atom. The Bertz CT molecular complexity index is 227. The first-order valence-electron chi connectivity index (χ1n) is 3.49. The Hall–Kier alpha value is -0.630. The van der Waals surface area contributed by atoms with Crippen LogP contribution in [0.15, 0.2) is 18.3 Å². The molecule has 1 heterocycles. The second-order valence-corrected chi connectivity index (χ2v) is 2.66. The molecule has 0 aliphatic carbocycles. The number of halogens is 2. The molecule has 0 aromatic carbocycles. The first kappa shape index (κ1) is 8.47. The van der Waals surface area contributed by atoms with Gasteiger partial charge in [0, 0.05) is 12.1 Å². The van der Waals surface area contributed by atoms with Crippen LogP contribution in [0.4, 0.5) is 4.39 Å². The topological polar surface area (TPSA) is 12.9 Å². The second-order valence-electron chi connectivity index (χ2n) is 2.28. The molecule has 3 heteroatoms. The van der Waals surface area contributed by atoms with E-state index in [1.165, 1.54) is 12.3 Å². The van der Waals surface area contributed by atoms with Crippen LogP contribution < -0.4 is 0 Å². The largest absolute Gasteiger partial charge is 0.228 e. The molecule has 0 unspecified atom stereocenters. The van der Waals surface area contributed by atoms with Crippen LogP contribution in [0.25, 0.3) is 0 Å². The molecule has 0 fully saturated rings. The molecule has 0 N–H and O–H groups in total. The highest BCUT2D eigenvalue weighted by Crippen LogP contribution is 2.03. The fourth-order valence-corrected chi connectivity index (χ4v) is 1.00. The summed E-state index contributed by atoms with van der Waals surface area (Å²) >= 11 is 5.48.